The van der Waals surface area contributed by atoms with Crippen LogP contribution in [-0.4, -0.2) is 46.3 Å². The molecule has 1 amide bonds. The molecule has 1 aliphatic heterocycles. The number of hydrogen-bond donors (Lipinski definition) is 3. The summed E-state index contributed by atoms with van der Waals surface area (Å²) in [4.78, 5) is 20.1. The average molecular weight is 329 g/mol. The predicted octanol–water partition coefficient (Wildman–Crippen LogP) is 1.54. The molecule has 1 aromatic heterocycles. The molecule has 1 saturated heterocycles. The van der Waals surface area contributed by atoms with Crippen LogP contribution < -0.4 is 5.32 Å². The molecule has 4 rings (SSSR count). The average Bonchev–Trinajstić information content (AvgIpc) is 3.03. The number of fused-ring (bicyclic) bond motifs is 1. The van der Waals surface area contributed by atoms with E-state index in [9.17, 15) is 9.90 Å². The minimum absolute atomic E-state index is 0.0261. The Labute approximate surface area is 140 Å². The van der Waals surface area contributed by atoms with E-state index in [1.54, 1.807) is 0 Å². The third-order valence-corrected chi connectivity index (χ3v) is 5.60. The SMILES string of the molecule is O=C(CCc1nc2ccccc2[nH]1)N[C@@H]1C[C@@H](O)C12CCOCC2. The van der Waals surface area contributed by atoms with Gasteiger partial charge in [0.1, 0.15) is 5.82 Å². The molecule has 1 aliphatic carbocycles. The first-order valence-corrected chi connectivity index (χ1v) is 8.66. The quantitative estimate of drug-likeness (QED) is 0.794. The molecule has 24 heavy (non-hydrogen) atoms. The first-order valence-electron chi connectivity index (χ1n) is 8.66. The molecular formula is C18H23N3O3. The Kier molecular flexibility index (Phi) is 4.02. The Morgan fingerprint density at radius 3 is 2.92 bits per heavy atom. The number of carbonyl (C=O) groups excluding carboxylic acids is 1. The number of H-pyrrole nitrogens is 1. The van der Waals surface area contributed by atoms with Crippen LogP contribution in [0.25, 0.3) is 11.0 Å². The number of nitrogens with one attached hydrogen (secondary N) is 2. The van der Waals surface area contributed by atoms with Crippen molar-refractivity contribution in [2.75, 3.05) is 13.2 Å². The molecule has 1 saturated carbocycles. The van der Waals surface area contributed by atoms with E-state index in [0.717, 1.165) is 29.7 Å². The Bertz CT molecular complexity index is 703. The van der Waals surface area contributed by atoms with E-state index in [-0.39, 0.29) is 23.5 Å². The van der Waals surface area contributed by atoms with Gasteiger partial charge < -0.3 is 20.1 Å². The van der Waals surface area contributed by atoms with E-state index < -0.39 is 0 Å². The van der Waals surface area contributed by atoms with Gasteiger partial charge in [-0.05, 0) is 31.4 Å². The molecule has 2 atom stereocenters. The number of nitrogens with zero attached hydrogens (tertiary/aromatic N) is 1. The summed E-state index contributed by atoms with van der Waals surface area (Å²) < 4.78 is 5.40. The number of para-hydroxylation sites is 2. The first-order chi connectivity index (χ1) is 11.7. The van der Waals surface area contributed by atoms with Crippen molar-refractivity contribution in [1.29, 1.82) is 0 Å². The third-order valence-electron chi connectivity index (χ3n) is 5.60. The molecule has 2 heterocycles. The number of aliphatic hydroxyl groups excluding tert-OH is 1. The minimum atomic E-state index is -0.318. The van der Waals surface area contributed by atoms with Gasteiger partial charge in [0.15, 0.2) is 0 Å². The molecule has 2 fully saturated rings. The van der Waals surface area contributed by atoms with Crippen molar-refractivity contribution in [2.24, 2.45) is 5.41 Å². The highest BCUT2D eigenvalue weighted by molar-refractivity contribution is 5.77. The van der Waals surface area contributed by atoms with Crippen molar-refractivity contribution in [3.05, 3.63) is 30.1 Å². The van der Waals surface area contributed by atoms with Crippen LogP contribution in [0.4, 0.5) is 0 Å². The van der Waals surface area contributed by atoms with Gasteiger partial charge in [-0.2, -0.15) is 0 Å². The smallest absolute Gasteiger partial charge is 0.220 e. The zero-order valence-electron chi connectivity index (χ0n) is 13.6. The summed E-state index contributed by atoms with van der Waals surface area (Å²) in [6.45, 7) is 1.34. The van der Waals surface area contributed by atoms with Gasteiger partial charge in [-0.15, -0.1) is 0 Å². The number of benzene rings is 1. The van der Waals surface area contributed by atoms with Gasteiger partial charge in [0, 0.05) is 37.5 Å². The largest absolute Gasteiger partial charge is 0.392 e. The van der Waals surface area contributed by atoms with Crippen LogP contribution in [0, 0.1) is 5.41 Å². The number of carbonyl (C=O) groups is 1. The van der Waals surface area contributed by atoms with Gasteiger partial charge in [0.05, 0.1) is 17.1 Å². The standard InChI is InChI=1S/C18H23N3O3/c22-15-11-14(18(15)7-9-24-10-8-18)21-17(23)6-5-16-19-12-3-1-2-4-13(12)20-16/h1-4,14-15,22H,5-11H2,(H,19,20)(H,21,23)/t14-,15-/m1/s1. The van der Waals surface area contributed by atoms with Crippen molar-refractivity contribution in [3.8, 4) is 0 Å². The van der Waals surface area contributed by atoms with Crippen LogP contribution in [0.5, 0.6) is 0 Å². The van der Waals surface area contributed by atoms with E-state index in [2.05, 4.69) is 15.3 Å². The second-order valence-corrected chi connectivity index (χ2v) is 6.92. The first kappa shape index (κ1) is 15.6. The normalized spacial score (nSPS) is 25.5. The Morgan fingerprint density at radius 1 is 1.38 bits per heavy atom. The summed E-state index contributed by atoms with van der Waals surface area (Å²) >= 11 is 0. The van der Waals surface area contributed by atoms with Crippen molar-refractivity contribution in [2.45, 2.75) is 44.2 Å². The highest BCUT2D eigenvalue weighted by Crippen LogP contribution is 2.48. The van der Waals surface area contributed by atoms with Crippen LogP contribution in [0.15, 0.2) is 24.3 Å². The lowest BCUT2D eigenvalue weighted by atomic mass is 9.58. The lowest BCUT2D eigenvalue weighted by Gasteiger charge is -2.55. The summed E-state index contributed by atoms with van der Waals surface area (Å²) in [5.41, 5.74) is 1.75. The van der Waals surface area contributed by atoms with E-state index in [1.807, 2.05) is 24.3 Å². The monoisotopic (exact) mass is 329 g/mol. The van der Waals surface area contributed by atoms with Crippen LogP contribution >= 0.6 is 0 Å². The number of aliphatic hydroxyl groups is 1. The molecule has 2 aromatic rings. The second kappa shape index (κ2) is 6.18. The maximum absolute atomic E-state index is 12.3. The highest BCUT2D eigenvalue weighted by Gasteiger charge is 2.55. The molecule has 0 radical (unpaired) electrons. The number of aromatic amines is 1. The number of aromatic nitrogens is 2. The Balaban J connectivity index is 1.33. The summed E-state index contributed by atoms with van der Waals surface area (Å²) in [6.07, 6.45) is 2.97. The van der Waals surface area contributed by atoms with E-state index in [0.29, 0.717) is 32.5 Å². The Hall–Kier alpha value is -1.92. The number of ether oxygens (including phenoxy) is 1. The molecule has 2 aliphatic rings. The number of hydrogen-bond acceptors (Lipinski definition) is 4. The van der Waals surface area contributed by atoms with Gasteiger partial charge in [-0.25, -0.2) is 4.98 Å². The lowest BCUT2D eigenvalue weighted by Crippen LogP contribution is -2.65. The van der Waals surface area contributed by atoms with Crippen LogP contribution in [0.1, 0.15) is 31.5 Å². The van der Waals surface area contributed by atoms with Crippen molar-refractivity contribution in [1.82, 2.24) is 15.3 Å². The van der Waals surface area contributed by atoms with Gasteiger partial charge in [-0.3, -0.25) is 4.79 Å². The van der Waals surface area contributed by atoms with Gasteiger partial charge >= 0.3 is 0 Å². The summed E-state index contributed by atoms with van der Waals surface area (Å²) in [7, 11) is 0. The zero-order valence-corrected chi connectivity index (χ0v) is 13.6. The van der Waals surface area contributed by atoms with E-state index in [1.165, 1.54) is 0 Å². The molecule has 6 nitrogen and oxygen atoms in total. The summed E-state index contributed by atoms with van der Waals surface area (Å²) in [6, 6.07) is 7.93. The zero-order chi connectivity index (χ0) is 16.6. The lowest BCUT2D eigenvalue weighted by molar-refractivity contribution is -0.156. The van der Waals surface area contributed by atoms with Crippen molar-refractivity contribution >= 4 is 16.9 Å². The van der Waals surface area contributed by atoms with Crippen LogP contribution in [0.2, 0.25) is 0 Å². The number of aryl methyl sites for hydroxylation is 1. The molecule has 6 heteroatoms. The molecule has 0 unspecified atom stereocenters. The fourth-order valence-electron chi connectivity index (χ4n) is 4.02. The van der Waals surface area contributed by atoms with E-state index in [4.69, 9.17) is 4.74 Å². The number of amides is 1. The topological polar surface area (TPSA) is 87.2 Å². The van der Waals surface area contributed by atoms with Crippen molar-refractivity contribution in [3.63, 3.8) is 0 Å². The molecule has 0 bridgehead atoms. The van der Waals surface area contributed by atoms with Crippen molar-refractivity contribution < 1.29 is 14.6 Å². The maximum Gasteiger partial charge on any atom is 0.220 e. The second-order valence-electron chi connectivity index (χ2n) is 6.92. The van der Waals surface area contributed by atoms with Gasteiger partial charge in [0.25, 0.3) is 0 Å². The minimum Gasteiger partial charge on any atom is -0.392 e. The molecular weight excluding hydrogens is 306 g/mol. The Morgan fingerprint density at radius 2 is 2.17 bits per heavy atom. The molecule has 1 spiro atoms. The molecule has 1 aromatic carbocycles. The maximum atomic E-state index is 12.3. The molecule has 3 N–H and O–H groups in total. The van der Waals surface area contributed by atoms with Crippen LogP contribution in [0.3, 0.4) is 0 Å². The van der Waals surface area contributed by atoms with Gasteiger partial charge in [0.2, 0.25) is 5.91 Å². The third kappa shape index (κ3) is 2.70. The molecule has 128 valence electrons. The number of rotatable bonds is 4. The van der Waals surface area contributed by atoms with E-state index >= 15 is 0 Å². The predicted molar refractivity (Wildman–Crippen MR) is 89.5 cm³/mol. The van der Waals surface area contributed by atoms with Gasteiger partial charge in [-0.1, -0.05) is 12.1 Å². The summed E-state index contributed by atoms with van der Waals surface area (Å²) in [5.74, 6) is 0.860. The highest BCUT2D eigenvalue weighted by atomic mass is 16.5. The van der Waals surface area contributed by atoms with Crippen LogP contribution in [-0.2, 0) is 16.0 Å². The fourth-order valence-corrected chi connectivity index (χ4v) is 4.02. The number of imidazole rings is 1. The fraction of sp³-hybridized carbons (Fsp3) is 0.556. The summed E-state index contributed by atoms with van der Waals surface area (Å²) in [5, 5.41) is 13.3.